The molecule has 0 aromatic heterocycles. The predicted molar refractivity (Wildman–Crippen MR) is 56.3 cm³/mol. The Morgan fingerprint density at radius 1 is 1.23 bits per heavy atom. The molecule has 0 fully saturated rings. The Kier molecular flexibility index (Phi) is 7.93. The zero-order chi connectivity index (χ0) is 9.94. The second kappa shape index (κ2) is 8.80. The first-order valence-corrected chi connectivity index (χ1v) is 4.69. The van der Waals surface area contributed by atoms with Crippen LogP contribution in [0.2, 0.25) is 0 Å². The van der Waals surface area contributed by atoms with Gasteiger partial charge in [0, 0.05) is 6.42 Å². The minimum atomic E-state index is 0.719. The third-order valence-electron chi connectivity index (χ3n) is 1.58. The Morgan fingerprint density at radius 2 is 1.85 bits per heavy atom. The molecule has 13 heavy (non-hydrogen) atoms. The average Bonchev–Trinajstić information content (AvgIpc) is 2.17. The maximum absolute atomic E-state index is 7.95. The molecule has 1 aromatic rings. The number of nitrogens with zero attached hydrogens (tertiary/aromatic N) is 1. The zero-order valence-corrected chi connectivity index (χ0v) is 8.46. The third-order valence-corrected chi connectivity index (χ3v) is 1.58. The van der Waals surface area contributed by atoms with Gasteiger partial charge in [0.25, 0.3) is 0 Å². The van der Waals surface area contributed by atoms with Crippen molar-refractivity contribution in [3.05, 3.63) is 35.9 Å². The first kappa shape index (κ1) is 11.7. The maximum Gasteiger partial charge on any atom is 0.0621 e. The van der Waals surface area contributed by atoms with Gasteiger partial charge in [-0.2, -0.15) is 5.26 Å². The summed E-state index contributed by atoms with van der Waals surface area (Å²) in [6.07, 6.45) is 2.90. The lowest BCUT2D eigenvalue weighted by Crippen LogP contribution is -1.62. The van der Waals surface area contributed by atoms with Crippen LogP contribution >= 0.6 is 0 Å². The Morgan fingerprint density at radius 3 is 2.08 bits per heavy atom. The van der Waals surface area contributed by atoms with Crippen molar-refractivity contribution >= 4 is 0 Å². The van der Waals surface area contributed by atoms with Crippen molar-refractivity contribution in [1.29, 1.82) is 5.26 Å². The quantitative estimate of drug-likeness (QED) is 0.629. The molecule has 1 rings (SSSR count). The van der Waals surface area contributed by atoms with Crippen molar-refractivity contribution < 1.29 is 0 Å². The van der Waals surface area contributed by atoms with Crippen molar-refractivity contribution in [1.82, 2.24) is 0 Å². The van der Waals surface area contributed by atoms with E-state index in [9.17, 15) is 0 Å². The number of hydrogen-bond acceptors (Lipinski definition) is 1. The van der Waals surface area contributed by atoms with Gasteiger partial charge in [-0.05, 0) is 13.3 Å². The van der Waals surface area contributed by atoms with Gasteiger partial charge in [0.1, 0.15) is 0 Å². The largest absolute Gasteiger partial charge is 0.198 e. The summed E-state index contributed by atoms with van der Waals surface area (Å²) < 4.78 is 0. The molecule has 0 saturated carbocycles. The van der Waals surface area contributed by atoms with Crippen LogP contribution in [0.3, 0.4) is 0 Å². The second-order valence-electron chi connectivity index (χ2n) is 2.92. The van der Waals surface area contributed by atoms with Crippen molar-refractivity contribution in [3.8, 4) is 6.07 Å². The van der Waals surface area contributed by atoms with Gasteiger partial charge in [-0.3, -0.25) is 0 Å². The van der Waals surface area contributed by atoms with Crippen LogP contribution in [0.5, 0.6) is 0 Å². The van der Waals surface area contributed by atoms with Crippen molar-refractivity contribution in [2.24, 2.45) is 0 Å². The van der Waals surface area contributed by atoms with Crippen molar-refractivity contribution in [3.63, 3.8) is 0 Å². The molecule has 1 aromatic carbocycles. The van der Waals surface area contributed by atoms with Crippen LogP contribution in [-0.4, -0.2) is 0 Å². The topological polar surface area (TPSA) is 23.8 Å². The van der Waals surface area contributed by atoms with E-state index in [0.717, 1.165) is 19.3 Å². The molecule has 1 heteroatoms. The molecule has 0 saturated heterocycles. The Balaban J connectivity index is 0.000000226. The molecule has 0 N–H and O–H groups in total. The van der Waals surface area contributed by atoms with Crippen LogP contribution in [0, 0.1) is 18.3 Å². The van der Waals surface area contributed by atoms with Gasteiger partial charge in [-0.1, -0.05) is 49.2 Å². The van der Waals surface area contributed by atoms with Gasteiger partial charge in [0.15, 0.2) is 0 Å². The molecule has 0 heterocycles. The summed E-state index contributed by atoms with van der Waals surface area (Å²) in [5.41, 5.74) is 1.32. The second-order valence-corrected chi connectivity index (χ2v) is 2.92. The van der Waals surface area contributed by atoms with E-state index in [1.165, 1.54) is 5.56 Å². The SMILES string of the molecule is CCCCC#N.Cc1ccccc1. The number of benzene rings is 1. The van der Waals surface area contributed by atoms with E-state index < -0.39 is 0 Å². The normalized spacial score (nSPS) is 8.08. The van der Waals surface area contributed by atoms with Crippen molar-refractivity contribution in [2.75, 3.05) is 0 Å². The van der Waals surface area contributed by atoms with Crippen molar-refractivity contribution in [2.45, 2.75) is 33.1 Å². The van der Waals surface area contributed by atoms with E-state index in [1.807, 2.05) is 18.2 Å². The first-order valence-electron chi connectivity index (χ1n) is 4.69. The number of nitriles is 1. The third kappa shape index (κ3) is 8.62. The summed E-state index contributed by atoms with van der Waals surface area (Å²) in [6, 6.07) is 12.3. The first-order chi connectivity index (χ1) is 6.31. The molecular formula is C12H17N. The van der Waals surface area contributed by atoms with E-state index in [1.54, 1.807) is 0 Å². The van der Waals surface area contributed by atoms with Gasteiger partial charge < -0.3 is 0 Å². The minimum Gasteiger partial charge on any atom is -0.198 e. The molecule has 0 aliphatic heterocycles. The molecule has 70 valence electrons. The lowest BCUT2D eigenvalue weighted by atomic mass is 10.2. The number of aryl methyl sites for hydroxylation is 1. The number of rotatable bonds is 2. The van der Waals surface area contributed by atoms with Crippen LogP contribution in [0.4, 0.5) is 0 Å². The Labute approximate surface area is 81.0 Å². The lowest BCUT2D eigenvalue weighted by molar-refractivity contribution is 0.822. The van der Waals surface area contributed by atoms with E-state index in [4.69, 9.17) is 5.26 Å². The van der Waals surface area contributed by atoms with Crippen LogP contribution in [0.1, 0.15) is 31.7 Å². The molecule has 0 bridgehead atoms. The molecule has 0 amide bonds. The molecule has 0 atom stereocenters. The summed E-state index contributed by atoms with van der Waals surface area (Å²) >= 11 is 0. The van der Waals surface area contributed by atoms with Crippen LogP contribution in [-0.2, 0) is 0 Å². The Hall–Kier alpha value is -1.29. The fraction of sp³-hybridized carbons (Fsp3) is 0.417. The highest BCUT2D eigenvalue weighted by Gasteiger charge is 1.74. The summed E-state index contributed by atoms with van der Waals surface area (Å²) in [5.74, 6) is 0. The smallest absolute Gasteiger partial charge is 0.0621 e. The van der Waals surface area contributed by atoms with Crippen LogP contribution in [0.15, 0.2) is 30.3 Å². The fourth-order valence-corrected chi connectivity index (χ4v) is 0.790. The molecular weight excluding hydrogens is 158 g/mol. The molecule has 0 unspecified atom stereocenters. The predicted octanol–water partition coefficient (Wildman–Crippen LogP) is 3.70. The van der Waals surface area contributed by atoms with Gasteiger partial charge in [-0.25, -0.2) is 0 Å². The molecule has 0 aliphatic rings. The molecule has 0 radical (unpaired) electrons. The van der Waals surface area contributed by atoms with Gasteiger partial charge in [0.05, 0.1) is 6.07 Å². The van der Waals surface area contributed by atoms with Gasteiger partial charge in [0.2, 0.25) is 0 Å². The lowest BCUT2D eigenvalue weighted by Gasteiger charge is -1.82. The Bertz CT molecular complexity index is 233. The van der Waals surface area contributed by atoms with E-state index in [0.29, 0.717) is 0 Å². The summed E-state index contributed by atoms with van der Waals surface area (Å²) in [7, 11) is 0. The standard InChI is InChI=1S/C7H8.C5H9N/c1-7-5-3-2-4-6-7;1-2-3-4-5-6/h2-6H,1H3;2-4H2,1H3. The fourth-order valence-electron chi connectivity index (χ4n) is 0.790. The zero-order valence-electron chi connectivity index (χ0n) is 8.46. The highest BCUT2D eigenvalue weighted by molar-refractivity contribution is 5.11. The molecule has 0 spiro atoms. The highest BCUT2D eigenvalue weighted by atomic mass is 14.2. The number of unbranched alkanes of at least 4 members (excludes halogenated alkanes) is 2. The molecule has 1 nitrogen and oxygen atoms in total. The minimum absolute atomic E-state index is 0.719. The van der Waals surface area contributed by atoms with E-state index in [2.05, 4.69) is 32.0 Å². The maximum atomic E-state index is 7.95. The summed E-state index contributed by atoms with van der Waals surface area (Å²) in [5, 5.41) is 7.95. The average molecular weight is 175 g/mol. The monoisotopic (exact) mass is 175 g/mol. The van der Waals surface area contributed by atoms with Crippen LogP contribution < -0.4 is 0 Å². The molecule has 0 aliphatic carbocycles. The van der Waals surface area contributed by atoms with Gasteiger partial charge in [-0.15, -0.1) is 0 Å². The number of hydrogen-bond donors (Lipinski definition) is 0. The summed E-state index contributed by atoms with van der Waals surface area (Å²) in [4.78, 5) is 0. The van der Waals surface area contributed by atoms with Gasteiger partial charge >= 0.3 is 0 Å². The van der Waals surface area contributed by atoms with E-state index in [-0.39, 0.29) is 0 Å². The highest BCUT2D eigenvalue weighted by Crippen LogP contribution is 1.92. The summed E-state index contributed by atoms with van der Waals surface area (Å²) in [6.45, 7) is 4.16. The van der Waals surface area contributed by atoms with E-state index >= 15 is 0 Å². The van der Waals surface area contributed by atoms with Crippen LogP contribution in [0.25, 0.3) is 0 Å².